The van der Waals surface area contributed by atoms with Crippen molar-refractivity contribution in [2.75, 3.05) is 18.4 Å². The summed E-state index contributed by atoms with van der Waals surface area (Å²) in [6.07, 6.45) is 3.97. The Morgan fingerprint density at radius 3 is 2.96 bits per heavy atom. The van der Waals surface area contributed by atoms with Crippen molar-refractivity contribution in [3.63, 3.8) is 0 Å². The van der Waals surface area contributed by atoms with Crippen molar-refractivity contribution in [3.8, 4) is 0 Å². The number of hydrogen-bond donors (Lipinski definition) is 3. The largest absolute Gasteiger partial charge is 0.380 e. The highest BCUT2D eigenvalue weighted by atomic mass is 19.1. The average Bonchev–Trinajstić information content (AvgIpc) is 2.70. The molecule has 144 valence electrons. The third-order valence-corrected chi connectivity index (χ3v) is 5.39. The van der Waals surface area contributed by atoms with E-state index in [1.165, 1.54) is 6.33 Å². The minimum absolute atomic E-state index is 0.0543. The number of anilines is 1. The van der Waals surface area contributed by atoms with E-state index in [2.05, 4.69) is 20.6 Å². The minimum Gasteiger partial charge on any atom is -0.380 e. The van der Waals surface area contributed by atoms with Crippen LogP contribution in [0.5, 0.6) is 0 Å². The Kier molecular flexibility index (Phi) is 4.92. The number of benzene rings is 2. The molecule has 1 aromatic heterocycles. The number of aryl methyl sites for hydroxylation is 1. The fourth-order valence-corrected chi connectivity index (χ4v) is 3.85. The third kappa shape index (κ3) is 3.41. The van der Waals surface area contributed by atoms with Gasteiger partial charge in [-0.15, -0.1) is 0 Å². The number of piperidine rings is 1. The van der Waals surface area contributed by atoms with Crippen molar-refractivity contribution in [2.24, 2.45) is 5.73 Å². The molecule has 2 unspecified atom stereocenters. The summed E-state index contributed by atoms with van der Waals surface area (Å²) in [5.74, 6) is -0.547. The fourth-order valence-electron chi connectivity index (χ4n) is 3.85. The van der Waals surface area contributed by atoms with Crippen LogP contribution in [0.1, 0.15) is 33.8 Å². The van der Waals surface area contributed by atoms with Gasteiger partial charge in [-0.25, -0.2) is 14.4 Å². The van der Waals surface area contributed by atoms with Crippen LogP contribution in [-0.2, 0) is 0 Å². The highest BCUT2D eigenvalue weighted by Crippen LogP contribution is 2.31. The lowest BCUT2D eigenvalue weighted by Gasteiger charge is -2.34. The van der Waals surface area contributed by atoms with Crippen molar-refractivity contribution in [2.45, 2.75) is 25.3 Å². The second-order valence-electron chi connectivity index (χ2n) is 7.17. The molecular weight excluding hydrogens is 357 g/mol. The van der Waals surface area contributed by atoms with Gasteiger partial charge in [0.15, 0.2) is 0 Å². The normalized spacial score (nSPS) is 19.5. The van der Waals surface area contributed by atoms with E-state index in [1.54, 1.807) is 25.3 Å². The number of aromatic nitrogens is 2. The lowest BCUT2D eigenvalue weighted by Crippen LogP contribution is -2.44. The maximum Gasteiger partial charge on any atom is 0.250 e. The van der Waals surface area contributed by atoms with Crippen LogP contribution < -0.4 is 16.4 Å². The second-order valence-corrected chi connectivity index (χ2v) is 7.17. The fraction of sp³-hybridized carbons (Fsp3) is 0.286. The van der Waals surface area contributed by atoms with Crippen LogP contribution in [0.3, 0.4) is 0 Å². The van der Waals surface area contributed by atoms with E-state index >= 15 is 0 Å². The molecule has 0 aliphatic carbocycles. The van der Waals surface area contributed by atoms with Crippen molar-refractivity contribution in [1.29, 1.82) is 0 Å². The number of carbonyl (C=O) groups is 1. The first-order valence-electron chi connectivity index (χ1n) is 9.30. The monoisotopic (exact) mass is 379 g/mol. The third-order valence-electron chi connectivity index (χ3n) is 5.39. The van der Waals surface area contributed by atoms with E-state index in [1.807, 2.05) is 18.2 Å². The van der Waals surface area contributed by atoms with Crippen molar-refractivity contribution in [3.05, 3.63) is 65.4 Å². The summed E-state index contributed by atoms with van der Waals surface area (Å²) >= 11 is 0. The highest BCUT2D eigenvalue weighted by Gasteiger charge is 2.27. The van der Waals surface area contributed by atoms with Gasteiger partial charge in [-0.2, -0.15) is 0 Å². The topological polar surface area (TPSA) is 92.9 Å². The standard InChI is InChI=1S/C21H22FN5O/c1-12-2-3-13(8-17(12)22)14-6-7-24-10-19(14)27-18-5-4-15(21(23)28)20-16(18)9-25-11-26-20/h2-5,8-9,11,14,19,24,27H,6-7,10H2,1H3,(H2,23,28). The van der Waals surface area contributed by atoms with Gasteiger partial charge in [0.1, 0.15) is 12.1 Å². The number of nitrogens with zero attached hydrogens (tertiary/aromatic N) is 2. The van der Waals surface area contributed by atoms with Crippen LogP contribution in [0.25, 0.3) is 10.9 Å². The molecule has 0 saturated carbocycles. The smallest absolute Gasteiger partial charge is 0.250 e. The maximum absolute atomic E-state index is 14.1. The van der Waals surface area contributed by atoms with E-state index < -0.39 is 5.91 Å². The van der Waals surface area contributed by atoms with E-state index in [-0.39, 0.29) is 17.8 Å². The molecule has 4 rings (SSSR count). The quantitative estimate of drug-likeness (QED) is 0.648. The Hall–Kier alpha value is -3.06. The van der Waals surface area contributed by atoms with Gasteiger partial charge < -0.3 is 16.4 Å². The SMILES string of the molecule is Cc1ccc(C2CCNCC2Nc2ccc(C(N)=O)c3ncncc23)cc1F. The highest BCUT2D eigenvalue weighted by molar-refractivity contribution is 6.07. The summed E-state index contributed by atoms with van der Waals surface area (Å²) in [6, 6.07) is 9.02. The summed E-state index contributed by atoms with van der Waals surface area (Å²) in [7, 11) is 0. The molecule has 1 saturated heterocycles. The van der Waals surface area contributed by atoms with Crippen LogP contribution >= 0.6 is 0 Å². The van der Waals surface area contributed by atoms with Crippen molar-refractivity contribution in [1.82, 2.24) is 15.3 Å². The van der Waals surface area contributed by atoms with Crippen LogP contribution in [0.2, 0.25) is 0 Å². The average molecular weight is 379 g/mol. The van der Waals surface area contributed by atoms with Gasteiger partial charge in [-0.3, -0.25) is 4.79 Å². The Labute approximate surface area is 162 Å². The number of nitrogens with two attached hydrogens (primary N) is 1. The molecule has 7 heteroatoms. The van der Waals surface area contributed by atoms with Crippen molar-refractivity contribution < 1.29 is 9.18 Å². The molecule has 2 atom stereocenters. The van der Waals surface area contributed by atoms with E-state index in [0.717, 1.165) is 36.1 Å². The van der Waals surface area contributed by atoms with Gasteiger partial charge in [0.05, 0.1) is 11.1 Å². The second kappa shape index (κ2) is 7.52. The molecule has 1 aliphatic heterocycles. The number of rotatable bonds is 4. The zero-order chi connectivity index (χ0) is 19.7. The van der Waals surface area contributed by atoms with Gasteiger partial charge in [-0.1, -0.05) is 12.1 Å². The number of halogens is 1. The van der Waals surface area contributed by atoms with E-state index in [9.17, 15) is 9.18 Å². The predicted octanol–water partition coefficient (Wildman–Crippen LogP) is 2.73. The zero-order valence-electron chi connectivity index (χ0n) is 15.6. The Balaban J connectivity index is 1.69. The molecule has 1 fully saturated rings. The van der Waals surface area contributed by atoms with Gasteiger partial charge in [0.25, 0.3) is 5.91 Å². The number of fused-ring (bicyclic) bond motifs is 1. The predicted molar refractivity (Wildman–Crippen MR) is 107 cm³/mol. The molecule has 0 spiro atoms. The lowest BCUT2D eigenvalue weighted by atomic mass is 9.85. The first kappa shape index (κ1) is 18.3. The summed E-state index contributed by atoms with van der Waals surface area (Å²) in [4.78, 5) is 20.0. The van der Waals surface area contributed by atoms with E-state index in [0.29, 0.717) is 16.6 Å². The summed E-state index contributed by atoms with van der Waals surface area (Å²) in [5.41, 5.74) is 8.81. The number of nitrogens with one attached hydrogen (secondary N) is 2. The molecule has 3 aromatic rings. The zero-order valence-corrected chi connectivity index (χ0v) is 15.6. The molecule has 4 N–H and O–H groups in total. The molecule has 2 aromatic carbocycles. The Morgan fingerprint density at radius 2 is 2.18 bits per heavy atom. The van der Waals surface area contributed by atoms with E-state index in [4.69, 9.17) is 5.73 Å². The molecular formula is C21H22FN5O. The van der Waals surface area contributed by atoms with Crippen molar-refractivity contribution >= 4 is 22.5 Å². The van der Waals surface area contributed by atoms with Gasteiger partial charge >= 0.3 is 0 Å². The molecule has 6 nitrogen and oxygen atoms in total. The van der Waals surface area contributed by atoms with Crippen LogP contribution in [0, 0.1) is 12.7 Å². The van der Waals surface area contributed by atoms with Gasteiger partial charge in [0.2, 0.25) is 0 Å². The Morgan fingerprint density at radius 1 is 1.32 bits per heavy atom. The summed E-state index contributed by atoms with van der Waals surface area (Å²) in [6.45, 7) is 3.39. The van der Waals surface area contributed by atoms with Gasteiger partial charge in [-0.05, 0) is 49.2 Å². The van der Waals surface area contributed by atoms with Gasteiger partial charge in [0, 0.05) is 35.8 Å². The number of primary amides is 1. The molecule has 0 bridgehead atoms. The minimum atomic E-state index is -0.525. The first-order chi connectivity index (χ1) is 13.5. The molecule has 28 heavy (non-hydrogen) atoms. The maximum atomic E-state index is 14.1. The first-order valence-corrected chi connectivity index (χ1v) is 9.30. The number of amides is 1. The Bertz CT molecular complexity index is 1040. The van der Waals surface area contributed by atoms with Crippen LogP contribution in [-0.4, -0.2) is 35.0 Å². The lowest BCUT2D eigenvalue weighted by molar-refractivity contribution is 0.100. The molecule has 1 aliphatic rings. The molecule has 0 radical (unpaired) electrons. The summed E-state index contributed by atoms with van der Waals surface area (Å²) in [5, 5.41) is 7.69. The number of carbonyl (C=O) groups excluding carboxylic acids is 1. The molecule has 2 heterocycles. The van der Waals surface area contributed by atoms with Crippen LogP contribution in [0.4, 0.5) is 10.1 Å². The van der Waals surface area contributed by atoms with Crippen LogP contribution in [0.15, 0.2) is 42.9 Å². The number of hydrogen-bond acceptors (Lipinski definition) is 5. The molecule has 1 amide bonds. The summed E-state index contributed by atoms with van der Waals surface area (Å²) < 4.78 is 14.1.